The van der Waals surface area contributed by atoms with Crippen LogP contribution in [0.5, 0.6) is 5.75 Å². The average molecular weight is 334 g/mol. The molecule has 0 N–H and O–H groups in total. The molecule has 0 aliphatic rings. The molecule has 0 spiro atoms. The predicted octanol–water partition coefficient (Wildman–Crippen LogP) is 4.10. The molecule has 0 aromatic heterocycles. The van der Waals surface area contributed by atoms with Gasteiger partial charge in [0.2, 0.25) is 0 Å². The van der Waals surface area contributed by atoms with Crippen LogP contribution in [0, 0.1) is 0 Å². The first-order valence-electron chi connectivity index (χ1n) is 3.13. The van der Waals surface area contributed by atoms with Gasteiger partial charge in [-0.3, -0.25) is 0 Å². The number of thiol groups is 1. The Kier molecular flexibility index (Phi) is 4.00. The maximum Gasteiger partial charge on any atom is 0.387 e. The Bertz CT molecular complexity index is 320. The van der Waals surface area contributed by atoms with Gasteiger partial charge in [-0.25, -0.2) is 0 Å². The molecular formula is C7H4Br2F2OS. The van der Waals surface area contributed by atoms with E-state index in [1.807, 2.05) is 0 Å². The van der Waals surface area contributed by atoms with Gasteiger partial charge in [0.05, 0.1) is 4.47 Å². The highest BCUT2D eigenvalue weighted by atomic mass is 79.9. The van der Waals surface area contributed by atoms with Crippen LogP contribution >= 0.6 is 44.5 Å². The zero-order valence-electron chi connectivity index (χ0n) is 6.10. The number of alkyl halides is 2. The third kappa shape index (κ3) is 3.11. The van der Waals surface area contributed by atoms with Crippen molar-refractivity contribution in [2.75, 3.05) is 0 Å². The summed E-state index contributed by atoms with van der Waals surface area (Å²) in [5, 5.41) is 0. The van der Waals surface area contributed by atoms with Crippen molar-refractivity contribution in [2.45, 2.75) is 11.5 Å². The molecule has 1 aromatic carbocycles. The third-order valence-electron chi connectivity index (χ3n) is 1.22. The molecular weight excluding hydrogens is 330 g/mol. The van der Waals surface area contributed by atoms with Crippen molar-refractivity contribution >= 4 is 44.5 Å². The van der Waals surface area contributed by atoms with Gasteiger partial charge in [-0.15, -0.1) is 12.6 Å². The SMILES string of the molecule is FC(F)Oc1cc(Br)c(S)cc1Br. The van der Waals surface area contributed by atoms with E-state index in [0.717, 1.165) is 0 Å². The maximum absolute atomic E-state index is 11.9. The summed E-state index contributed by atoms with van der Waals surface area (Å²) in [6.45, 7) is -2.83. The van der Waals surface area contributed by atoms with Gasteiger partial charge in [-0.05, 0) is 44.0 Å². The number of benzene rings is 1. The molecule has 0 bridgehead atoms. The summed E-state index contributed by atoms with van der Waals surface area (Å²) in [5.41, 5.74) is 0. The fourth-order valence-corrected chi connectivity index (χ4v) is 1.83. The van der Waals surface area contributed by atoms with Gasteiger partial charge in [-0.1, -0.05) is 0 Å². The summed E-state index contributed by atoms with van der Waals surface area (Å²) in [6, 6.07) is 3.00. The first-order valence-corrected chi connectivity index (χ1v) is 5.17. The molecule has 6 heteroatoms. The summed E-state index contributed by atoms with van der Waals surface area (Å²) >= 11 is 10.3. The number of rotatable bonds is 2. The highest BCUT2D eigenvalue weighted by molar-refractivity contribution is 9.11. The molecule has 1 rings (SSSR count). The highest BCUT2D eigenvalue weighted by Gasteiger charge is 2.10. The molecule has 0 fully saturated rings. The van der Waals surface area contributed by atoms with Crippen LogP contribution in [0.25, 0.3) is 0 Å². The molecule has 72 valence electrons. The molecule has 0 heterocycles. The molecule has 13 heavy (non-hydrogen) atoms. The second-order valence-corrected chi connectivity index (χ2v) is 4.30. The van der Waals surface area contributed by atoms with Gasteiger partial charge in [0.1, 0.15) is 5.75 Å². The first kappa shape index (κ1) is 11.3. The van der Waals surface area contributed by atoms with Crippen LogP contribution in [-0.4, -0.2) is 6.61 Å². The van der Waals surface area contributed by atoms with Gasteiger partial charge in [0.25, 0.3) is 0 Å². The zero-order chi connectivity index (χ0) is 10.0. The molecule has 0 radical (unpaired) electrons. The van der Waals surface area contributed by atoms with Gasteiger partial charge >= 0.3 is 6.61 Å². The van der Waals surface area contributed by atoms with Crippen LogP contribution in [0.3, 0.4) is 0 Å². The minimum absolute atomic E-state index is 0.0830. The van der Waals surface area contributed by atoms with Crippen molar-refractivity contribution in [3.63, 3.8) is 0 Å². The van der Waals surface area contributed by atoms with Crippen molar-refractivity contribution in [3.8, 4) is 5.75 Å². The van der Waals surface area contributed by atoms with Crippen LogP contribution in [0.15, 0.2) is 26.0 Å². The molecule has 1 nitrogen and oxygen atoms in total. The summed E-state index contributed by atoms with van der Waals surface area (Å²) in [5.74, 6) is 0.0830. The molecule has 0 aliphatic carbocycles. The Morgan fingerprint density at radius 3 is 2.38 bits per heavy atom. The smallest absolute Gasteiger partial charge is 0.387 e. The highest BCUT2D eigenvalue weighted by Crippen LogP contribution is 2.34. The van der Waals surface area contributed by atoms with E-state index in [0.29, 0.717) is 13.8 Å². The number of halogens is 4. The minimum atomic E-state index is -2.83. The Morgan fingerprint density at radius 1 is 1.23 bits per heavy atom. The van der Waals surface area contributed by atoms with E-state index in [1.165, 1.54) is 6.07 Å². The van der Waals surface area contributed by atoms with E-state index in [9.17, 15) is 8.78 Å². The second-order valence-electron chi connectivity index (χ2n) is 2.11. The van der Waals surface area contributed by atoms with Crippen LogP contribution < -0.4 is 4.74 Å². The Hall–Kier alpha value is 0.190. The topological polar surface area (TPSA) is 9.23 Å². The summed E-state index contributed by atoms with van der Waals surface area (Å²) in [7, 11) is 0. The van der Waals surface area contributed by atoms with Crippen molar-refractivity contribution in [1.29, 1.82) is 0 Å². The van der Waals surface area contributed by atoms with Crippen molar-refractivity contribution in [1.82, 2.24) is 0 Å². The van der Waals surface area contributed by atoms with Gasteiger partial charge in [0, 0.05) is 9.37 Å². The largest absolute Gasteiger partial charge is 0.434 e. The van der Waals surface area contributed by atoms with Crippen LogP contribution in [0.2, 0.25) is 0 Å². The normalized spacial score (nSPS) is 10.6. The van der Waals surface area contributed by atoms with E-state index in [4.69, 9.17) is 0 Å². The summed E-state index contributed by atoms with van der Waals surface area (Å²) < 4.78 is 29.0. The molecule has 0 atom stereocenters. The quantitative estimate of drug-likeness (QED) is 0.802. The van der Waals surface area contributed by atoms with E-state index in [2.05, 4.69) is 49.2 Å². The van der Waals surface area contributed by atoms with Crippen molar-refractivity contribution < 1.29 is 13.5 Å². The van der Waals surface area contributed by atoms with Gasteiger partial charge in [-0.2, -0.15) is 8.78 Å². The number of ether oxygens (including phenoxy) is 1. The lowest BCUT2D eigenvalue weighted by Gasteiger charge is -2.08. The second kappa shape index (κ2) is 4.61. The summed E-state index contributed by atoms with van der Waals surface area (Å²) in [6.07, 6.45) is 0. The van der Waals surface area contributed by atoms with Crippen LogP contribution in [0.1, 0.15) is 0 Å². The standard InChI is InChI=1S/C7H4Br2F2OS/c8-3-2-6(13)4(9)1-5(3)12-7(10)11/h1-2,7,13H. The average Bonchev–Trinajstić information content (AvgIpc) is 1.99. The third-order valence-corrected chi connectivity index (χ3v) is 3.17. The molecule has 1 aromatic rings. The Balaban J connectivity index is 3.01. The van der Waals surface area contributed by atoms with Crippen LogP contribution in [0.4, 0.5) is 8.78 Å². The molecule has 0 aliphatic heterocycles. The molecule has 0 saturated carbocycles. The zero-order valence-corrected chi connectivity index (χ0v) is 10.2. The monoisotopic (exact) mass is 332 g/mol. The lowest BCUT2D eigenvalue weighted by atomic mass is 10.3. The van der Waals surface area contributed by atoms with Gasteiger partial charge < -0.3 is 4.74 Å². The van der Waals surface area contributed by atoms with Crippen LogP contribution in [-0.2, 0) is 0 Å². The van der Waals surface area contributed by atoms with Gasteiger partial charge in [0.15, 0.2) is 0 Å². The molecule has 0 unspecified atom stereocenters. The number of hydrogen-bond donors (Lipinski definition) is 1. The van der Waals surface area contributed by atoms with E-state index < -0.39 is 6.61 Å². The van der Waals surface area contributed by atoms with E-state index in [-0.39, 0.29) is 5.75 Å². The predicted molar refractivity (Wildman–Crippen MR) is 55.7 cm³/mol. The summed E-state index contributed by atoms with van der Waals surface area (Å²) in [4.78, 5) is 0.647. The Morgan fingerprint density at radius 2 is 1.85 bits per heavy atom. The van der Waals surface area contributed by atoms with E-state index >= 15 is 0 Å². The van der Waals surface area contributed by atoms with Crippen molar-refractivity contribution in [3.05, 3.63) is 21.1 Å². The Labute approximate surface area is 96.1 Å². The fraction of sp³-hybridized carbons (Fsp3) is 0.143. The lowest BCUT2D eigenvalue weighted by molar-refractivity contribution is -0.0504. The number of hydrogen-bond acceptors (Lipinski definition) is 2. The first-order chi connectivity index (χ1) is 6.00. The van der Waals surface area contributed by atoms with Crippen molar-refractivity contribution in [2.24, 2.45) is 0 Å². The minimum Gasteiger partial charge on any atom is -0.434 e. The maximum atomic E-state index is 11.9. The van der Waals surface area contributed by atoms with E-state index in [1.54, 1.807) is 6.07 Å². The molecule has 0 saturated heterocycles. The fourth-order valence-electron chi connectivity index (χ4n) is 0.704. The lowest BCUT2D eigenvalue weighted by Crippen LogP contribution is -2.02. The molecule has 0 amide bonds.